The van der Waals surface area contributed by atoms with Crippen LogP contribution >= 0.6 is 11.6 Å². The Morgan fingerprint density at radius 3 is 2.29 bits per heavy atom. The summed E-state index contributed by atoms with van der Waals surface area (Å²) in [7, 11) is 0. The molecule has 1 aromatic heterocycles. The Morgan fingerprint density at radius 2 is 1.67 bits per heavy atom. The van der Waals surface area contributed by atoms with Crippen LogP contribution in [0.5, 0.6) is 5.75 Å². The third kappa shape index (κ3) is 8.20. The summed E-state index contributed by atoms with van der Waals surface area (Å²) >= 11 is 6.08. The van der Waals surface area contributed by atoms with E-state index < -0.39 is 41.4 Å². The number of rotatable bonds is 11. The number of aromatic amines is 1. The smallest absolute Gasteiger partial charge is 0.335 e. The first-order chi connectivity index (χ1) is 21.3. The van der Waals surface area contributed by atoms with Crippen molar-refractivity contribution >= 4 is 23.2 Å². The van der Waals surface area contributed by atoms with Crippen LogP contribution in [0.3, 0.4) is 0 Å². The minimum Gasteiger partial charge on any atom is -0.491 e. The van der Waals surface area contributed by atoms with Crippen molar-refractivity contribution in [3.8, 4) is 5.75 Å². The van der Waals surface area contributed by atoms with E-state index in [0.29, 0.717) is 22.0 Å². The van der Waals surface area contributed by atoms with Gasteiger partial charge in [-0.15, -0.1) is 0 Å². The van der Waals surface area contributed by atoms with Crippen LogP contribution in [-0.2, 0) is 11.3 Å². The van der Waals surface area contributed by atoms with E-state index in [9.17, 15) is 19.5 Å². The van der Waals surface area contributed by atoms with Crippen molar-refractivity contribution in [3.05, 3.63) is 121 Å². The summed E-state index contributed by atoms with van der Waals surface area (Å²) in [5.74, 6) is -0.487. The lowest BCUT2D eigenvalue weighted by Gasteiger charge is -2.26. The second kappa shape index (κ2) is 14.6. The molecule has 1 heterocycles. The van der Waals surface area contributed by atoms with E-state index in [1.807, 2.05) is 45.0 Å². The number of hydrogen-bond donors (Lipinski definition) is 3. The number of halogens is 1. The van der Waals surface area contributed by atoms with Gasteiger partial charge in [-0.2, -0.15) is 0 Å². The minimum absolute atomic E-state index is 0.000530. The highest BCUT2D eigenvalue weighted by molar-refractivity contribution is 6.30. The number of benzene rings is 3. The number of carbonyl (C=O) groups is 1. The molecule has 10 nitrogen and oxygen atoms in total. The van der Waals surface area contributed by atoms with Crippen molar-refractivity contribution < 1.29 is 14.6 Å². The average Bonchev–Trinajstić information content (AvgIpc) is 3.00. The third-order valence-electron chi connectivity index (χ3n) is 7.67. The lowest BCUT2D eigenvalue weighted by Crippen LogP contribution is -2.53. The summed E-state index contributed by atoms with van der Waals surface area (Å²) < 4.78 is 8.22. The molecule has 0 saturated carbocycles. The molecule has 0 radical (unpaired) electrons. The maximum Gasteiger partial charge on any atom is 0.335 e. The first kappa shape index (κ1) is 33.5. The zero-order chi connectivity index (χ0) is 32.8. The topological polar surface area (TPSA) is 131 Å². The van der Waals surface area contributed by atoms with Gasteiger partial charge >= 0.3 is 11.4 Å². The highest BCUT2D eigenvalue weighted by atomic mass is 35.5. The molecular weight excluding hydrogens is 594 g/mol. The summed E-state index contributed by atoms with van der Waals surface area (Å²) in [6.45, 7) is 10.8. The zero-order valence-corrected chi connectivity index (χ0v) is 27.1. The molecular formula is C34H40ClN5O5. The highest BCUT2D eigenvalue weighted by Crippen LogP contribution is 2.24. The Kier molecular flexibility index (Phi) is 10.8. The molecule has 3 N–H and O–H groups in total. The van der Waals surface area contributed by atoms with Gasteiger partial charge in [-0.3, -0.25) is 14.3 Å². The van der Waals surface area contributed by atoms with E-state index in [0.717, 1.165) is 15.7 Å². The van der Waals surface area contributed by atoms with E-state index in [-0.39, 0.29) is 18.3 Å². The number of nitrogens with zero attached hydrogens (tertiary/aromatic N) is 3. The number of ether oxygens (including phenoxy) is 1. The summed E-state index contributed by atoms with van der Waals surface area (Å²) in [6, 6.07) is 19.9. The third-order valence-corrected chi connectivity index (χ3v) is 7.92. The van der Waals surface area contributed by atoms with Gasteiger partial charge in [0.25, 0.3) is 0 Å². The molecule has 238 valence electrons. The SMILES string of the molecule is Cc1cc(/N=c2\[nH]c(=O)n([C@H](C)[C@@H](C)C(=O)N[C@H](C)[C@@H](O)c3ccccc3)c(=O)n2Cc2ccc(Cl)cc2)ccc1OC(C)C. The van der Waals surface area contributed by atoms with Crippen molar-refractivity contribution in [2.24, 2.45) is 10.9 Å². The summed E-state index contributed by atoms with van der Waals surface area (Å²) in [5.41, 5.74) is 1.52. The highest BCUT2D eigenvalue weighted by Gasteiger charge is 2.28. The van der Waals surface area contributed by atoms with Gasteiger partial charge in [-0.25, -0.2) is 19.1 Å². The summed E-state index contributed by atoms with van der Waals surface area (Å²) in [6.07, 6.45) is -0.929. The quantitative estimate of drug-likeness (QED) is 0.218. The Balaban J connectivity index is 1.71. The lowest BCUT2D eigenvalue weighted by atomic mass is 9.99. The minimum atomic E-state index is -0.930. The Hall–Kier alpha value is -4.41. The number of aliphatic hydroxyl groups is 1. The molecule has 45 heavy (non-hydrogen) atoms. The summed E-state index contributed by atoms with van der Waals surface area (Å²) in [5, 5.41) is 14.1. The van der Waals surface area contributed by atoms with Crippen LogP contribution in [0.25, 0.3) is 0 Å². The molecule has 0 aliphatic carbocycles. The molecule has 0 unspecified atom stereocenters. The van der Waals surface area contributed by atoms with E-state index in [1.54, 1.807) is 69.3 Å². The number of amides is 1. The predicted molar refractivity (Wildman–Crippen MR) is 175 cm³/mol. The zero-order valence-electron chi connectivity index (χ0n) is 26.3. The molecule has 0 bridgehead atoms. The first-order valence-electron chi connectivity index (χ1n) is 14.9. The van der Waals surface area contributed by atoms with Crippen molar-refractivity contribution in [2.75, 3.05) is 0 Å². The van der Waals surface area contributed by atoms with Gasteiger partial charge in [-0.1, -0.05) is 61.0 Å². The van der Waals surface area contributed by atoms with Gasteiger partial charge in [0.1, 0.15) is 5.75 Å². The molecule has 4 atom stereocenters. The van der Waals surface area contributed by atoms with Crippen molar-refractivity contribution in [1.29, 1.82) is 0 Å². The van der Waals surface area contributed by atoms with Crippen LogP contribution in [0, 0.1) is 12.8 Å². The number of H-pyrrole nitrogens is 1. The molecule has 0 spiro atoms. The standard InChI is InChI=1S/C34H40ClN5O5/c1-20(2)45-29-17-16-28(18-21(29)3)37-32-38-33(43)40(34(44)39(32)19-25-12-14-27(35)15-13-25)24(6)22(4)31(42)36-23(5)30(41)26-10-8-7-9-11-26/h7-18,20,22-24,30,41H,19H2,1-6H3,(H,36,42)(H,37,38,43)/t22-,23-,24-,30-/m1/s1. The average molecular weight is 634 g/mol. The molecule has 0 fully saturated rings. The molecule has 4 aromatic rings. The lowest BCUT2D eigenvalue weighted by molar-refractivity contribution is -0.127. The maximum absolute atomic E-state index is 14.0. The fourth-order valence-electron chi connectivity index (χ4n) is 4.92. The fraction of sp³-hybridized carbons (Fsp3) is 0.353. The maximum atomic E-state index is 14.0. The number of aromatic nitrogens is 3. The van der Waals surface area contributed by atoms with Gasteiger partial charge in [0, 0.05) is 5.02 Å². The van der Waals surface area contributed by atoms with Crippen molar-refractivity contribution in [2.45, 2.75) is 72.4 Å². The van der Waals surface area contributed by atoms with Gasteiger partial charge < -0.3 is 15.2 Å². The first-order valence-corrected chi connectivity index (χ1v) is 15.3. The van der Waals surface area contributed by atoms with Crippen molar-refractivity contribution in [1.82, 2.24) is 19.4 Å². The molecule has 11 heteroatoms. The number of aliphatic hydroxyl groups excluding tert-OH is 1. The normalized spacial score (nSPS) is 14.6. The van der Waals surface area contributed by atoms with Crippen LogP contribution in [0.4, 0.5) is 5.69 Å². The molecule has 0 saturated heterocycles. The van der Waals surface area contributed by atoms with Gasteiger partial charge in [0.2, 0.25) is 11.5 Å². The molecule has 0 aliphatic heterocycles. The second-order valence-electron chi connectivity index (χ2n) is 11.5. The molecule has 3 aromatic carbocycles. The Labute approximate surface area is 267 Å². The Bertz CT molecular complexity index is 1810. The second-order valence-corrected chi connectivity index (χ2v) is 12.0. The van der Waals surface area contributed by atoms with E-state index in [4.69, 9.17) is 16.3 Å². The van der Waals surface area contributed by atoms with E-state index in [1.165, 1.54) is 4.57 Å². The van der Waals surface area contributed by atoms with Gasteiger partial charge in [-0.05, 0) is 81.6 Å². The van der Waals surface area contributed by atoms with Crippen LogP contribution in [0.1, 0.15) is 63.5 Å². The number of carbonyl (C=O) groups excluding carboxylic acids is 1. The largest absolute Gasteiger partial charge is 0.491 e. The van der Waals surface area contributed by atoms with Crippen LogP contribution in [0.15, 0.2) is 87.4 Å². The van der Waals surface area contributed by atoms with Crippen LogP contribution in [0.2, 0.25) is 5.02 Å². The van der Waals surface area contributed by atoms with E-state index in [2.05, 4.69) is 15.3 Å². The van der Waals surface area contributed by atoms with Crippen LogP contribution in [-0.4, -0.2) is 37.3 Å². The Morgan fingerprint density at radius 1 is 1.00 bits per heavy atom. The monoisotopic (exact) mass is 633 g/mol. The van der Waals surface area contributed by atoms with E-state index >= 15 is 0 Å². The fourth-order valence-corrected chi connectivity index (χ4v) is 5.05. The predicted octanol–water partition coefficient (Wildman–Crippen LogP) is 4.80. The van der Waals surface area contributed by atoms with Crippen molar-refractivity contribution in [3.63, 3.8) is 0 Å². The molecule has 1 amide bonds. The van der Waals surface area contributed by atoms with Gasteiger partial charge in [0.05, 0.1) is 42.4 Å². The van der Waals surface area contributed by atoms with Crippen LogP contribution < -0.4 is 27.1 Å². The summed E-state index contributed by atoms with van der Waals surface area (Å²) in [4.78, 5) is 48.1. The number of nitrogens with one attached hydrogen (secondary N) is 2. The molecule has 0 aliphatic rings. The molecule has 4 rings (SSSR count). The number of hydrogen-bond acceptors (Lipinski definition) is 6. The van der Waals surface area contributed by atoms with Gasteiger partial charge in [0.15, 0.2) is 0 Å². The number of aryl methyl sites for hydroxylation is 1.